The van der Waals surface area contributed by atoms with Gasteiger partial charge in [-0.1, -0.05) is 0 Å². The van der Waals surface area contributed by atoms with E-state index in [-0.39, 0.29) is 6.61 Å². The van der Waals surface area contributed by atoms with E-state index >= 15 is 0 Å². The minimum absolute atomic E-state index is 0.110. The summed E-state index contributed by atoms with van der Waals surface area (Å²) < 4.78 is 6.59. The molecule has 0 radical (unpaired) electrons. The Morgan fingerprint density at radius 2 is 2.27 bits per heavy atom. The lowest BCUT2D eigenvalue weighted by Gasteiger charge is -2.26. The molecule has 1 rings (SSSR count). The van der Waals surface area contributed by atoms with Crippen LogP contribution in [0.1, 0.15) is 18.3 Å². The van der Waals surface area contributed by atoms with Crippen molar-refractivity contribution >= 4 is 5.97 Å². The van der Waals surface area contributed by atoms with Crippen molar-refractivity contribution in [3.63, 3.8) is 0 Å². The number of ether oxygens (including phenoxy) is 1. The molecule has 0 saturated heterocycles. The second-order valence-electron chi connectivity index (χ2n) is 3.80. The maximum Gasteiger partial charge on any atom is 0.332 e. The molecule has 0 aromatic carbocycles. The van der Waals surface area contributed by atoms with Gasteiger partial charge in [-0.05, 0) is 20.8 Å². The standard InChI is InChI=1S/C10H16N2O3/c1-7-8(2)12(6-11-7)10(3,5-15-4)9(13)14/h6H,5H2,1-4H3,(H,13,14). The third-order valence-electron chi connectivity index (χ3n) is 2.67. The summed E-state index contributed by atoms with van der Waals surface area (Å²) in [5.41, 5.74) is 0.579. The first-order chi connectivity index (χ1) is 6.93. The summed E-state index contributed by atoms with van der Waals surface area (Å²) in [5, 5.41) is 9.22. The molecular weight excluding hydrogens is 196 g/mol. The summed E-state index contributed by atoms with van der Waals surface area (Å²) in [6, 6.07) is 0. The van der Waals surface area contributed by atoms with Crippen molar-refractivity contribution in [1.82, 2.24) is 9.55 Å². The number of methoxy groups -OCH3 is 1. The second kappa shape index (κ2) is 4.02. The first kappa shape index (κ1) is 11.7. The Labute approximate surface area is 88.7 Å². The van der Waals surface area contributed by atoms with E-state index in [1.54, 1.807) is 11.5 Å². The van der Waals surface area contributed by atoms with Gasteiger partial charge in [0.05, 0.1) is 18.6 Å². The molecule has 0 aliphatic heterocycles. The zero-order valence-electron chi connectivity index (χ0n) is 9.44. The lowest BCUT2D eigenvalue weighted by Crippen LogP contribution is -2.43. The van der Waals surface area contributed by atoms with Crippen molar-refractivity contribution in [2.24, 2.45) is 0 Å². The zero-order valence-corrected chi connectivity index (χ0v) is 9.44. The summed E-state index contributed by atoms with van der Waals surface area (Å²) >= 11 is 0. The van der Waals surface area contributed by atoms with Gasteiger partial charge < -0.3 is 14.4 Å². The molecule has 15 heavy (non-hydrogen) atoms. The molecule has 5 heteroatoms. The van der Waals surface area contributed by atoms with Gasteiger partial charge in [0.25, 0.3) is 0 Å². The number of aliphatic carboxylic acids is 1. The Balaban J connectivity index is 3.21. The van der Waals surface area contributed by atoms with Crippen molar-refractivity contribution < 1.29 is 14.6 Å². The van der Waals surface area contributed by atoms with Crippen LogP contribution in [0, 0.1) is 13.8 Å². The fraction of sp³-hybridized carbons (Fsp3) is 0.600. The summed E-state index contributed by atoms with van der Waals surface area (Å²) in [6.07, 6.45) is 1.54. The van der Waals surface area contributed by atoms with E-state index in [0.717, 1.165) is 11.4 Å². The predicted octanol–water partition coefficient (Wildman–Crippen LogP) is 0.946. The smallest absolute Gasteiger partial charge is 0.332 e. The van der Waals surface area contributed by atoms with Crippen LogP contribution in [0.5, 0.6) is 0 Å². The van der Waals surface area contributed by atoms with E-state index < -0.39 is 11.5 Å². The Morgan fingerprint density at radius 1 is 1.67 bits per heavy atom. The first-order valence-electron chi connectivity index (χ1n) is 4.67. The van der Waals surface area contributed by atoms with Crippen molar-refractivity contribution in [3.05, 3.63) is 17.7 Å². The highest BCUT2D eigenvalue weighted by atomic mass is 16.5. The number of hydrogen-bond acceptors (Lipinski definition) is 3. The molecule has 0 aliphatic carbocycles. The number of carboxylic acid groups (broad SMARTS) is 1. The lowest BCUT2D eigenvalue weighted by atomic mass is 10.0. The molecule has 1 atom stereocenters. The quantitative estimate of drug-likeness (QED) is 0.807. The number of rotatable bonds is 4. The predicted molar refractivity (Wildman–Crippen MR) is 54.9 cm³/mol. The molecular formula is C10H16N2O3. The molecule has 0 spiro atoms. The molecule has 1 heterocycles. The Kier molecular flexibility index (Phi) is 3.14. The van der Waals surface area contributed by atoms with Crippen LogP contribution in [0.15, 0.2) is 6.33 Å². The molecule has 0 saturated carbocycles. The number of hydrogen-bond donors (Lipinski definition) is 1. The normalized spacial score (nSPS) is 14.9. The second-order valence-corrected chi connectivity index (χ2v) is 3.80. The van der Waals surface area contributed by atoms with Crippen LogP contribution in [0.25, 0.3) is 0 Å². The van der Waals surface area contributed by atoms with Crippen LogP contribution < -0.4 is 0 Å². The molecule has 0 bridgehead atoms. The van der Waals surface area contributed by atoms with Crippen molar-refractivity contribution in [2.45, 2.75) is 26.3 Å². The Morgan fingerprint density at radius 3 is 2.60 bits per heavy atom. The maximum atomic E-state index is 11.2. The highest BCUT2D eigenvalue weighted by Crippen LogP contribution is 2.20. The van der Waals surface area contributed by atoms with Crippen LogP contribution in [0.3, 0.4) is 0 Å². The minimum atomic E-state index is -1.10. The largest absolute Gasteiger partial charge is 0.479 e. The minimum Gasteiger partial charge on any atom is -0.479 e. The topological polar surface area (TPSA) is 64.3 Å². The summed E-state index contributed by atoms with van der Waals surface area (Å²) in [5.74, 6) is -0.926. The van der Waals surface area contributed by atoms with Crippen LogP contribution in [-0.4, -0.2) is 34.3 Å². The Bertz CT molecular complexity index is 373. The van der Waals surface area contributed by atoms with Gasteiger partial charge in [0.2, 0.25) is 0 Å². The number of imidazole rings is 1. The molecule has 0 aliphatic rings. The van der Waals surface area contributed by atoms with Gasteiger partial charge in [-0.15, -0.1) is 0 Å². The summed E-state index contributed by atoms with van der Waals surface area (Å²) in [7, 11) is 1.49. The van der Waals surface area contributed by atoms with E-state index in [1.165, 1.54) is 13.4 Å². The number of aryl methyl sites for hydroxylation is 1. The van der Waals surface area contributed by atoms with Crippen LogP contribution in [0.4, 0.5) is 0 Å². The average Bonchev–Trinajstić information content (AvgIpc) is 2.48. The number of nitrogens with zero attached hydrogens (tertiary/aromatic N) is 2. The van der Waals surface area contributed by atoms with E-state index in [4.69, 9.17) is 4.74 Å². The van der Waals surface area contributed by atoms with Crippen LogP contribution in [0.2, 0.25) is 0 Å². The lowest BCUT2D eigenvalue weighted by molar-refractivity contribution is -0.149. The van der Waals surface area contributed by atoms with Gasteiger partial charge >= 0.3 is 5.97 Å². The molecule has 1 aromatic rings. The number of aromatic nitrogens is 2. The van der Waals surface area contributed by atoms with Gasteiger partial charge in [0.1, 0.15) is 0 Å². The molecule has 5 nitrogen and oxygen atoms in total. The third kappa shape index (κ3) is 1.87. The summed E-state index contributed by atoms with van der Waals surface area (Å²) in [4.78, 5) is 15.3. The SMILES string of the molecule is COCC(C)(C(=O)O)n1cnc(C)c1C. The molecule has 1 aromatic heterocycles. The van der Waals surface area contributed by atoms with Crippen molar-refractivity contribution in [1.29, 1.82) is 0 Å². The zero-order chi connectivity index (χ0) is 11.6. The van der Waals surface area contributed by atoms with Gasteiger partial charge in [-0.25, -0.2) is 9.78 Å². The van der Waals surface area contributed by atoms with Gasteiger partial charge in [-0.3, -0.25) is 0 Å². The highest BCUT2D eigenvalue weighted by molar-refractivity contribution is 5.76. The fourth-order valence-corrected chi connectivity index (χ4v) is 1.51. The van der Waals surface area contributed by atoms with Gasteiger partial charge in [0.15, 0.2) is 5.54 Å². The van der Waals surface area contributed by atoms with E-state index in [1.807, 2.05) is 13.8 Å². The monoisotopic (exact) mass is 212 g/mol. The van der Waals surface area contributed by atoms with E-state index in [9.17, 15) is 9.90 Å². The average molecular weight is 212 g/mol. The molecule has 0 fully saturated rings. The number of carboxylic acids is 1. The van der Waals surface area contributed by atoms with E-state index in [2.05, 4.69) is 4.98 Å². The van der Waals surface area contributed by atoms with Crippen LogP contribution >= 0.6 is 0 Å². The van der Waals surface area contributed by atoms with Crippen LogP contribution in [-0.2, 0) is 15.1 Å². The summed E-state index contributed by atoms with van der Waals surface area (Å²) in [6.45, 7) is 5.42. The van der Waals surface area contributed by atoms with Crippen molar-refractivity contribution in [2.75, 3.05) is 13.7 Å². The Hall–Kier alpha value is -1.36. The van der Waals surface area contributed by atoms with Crippen molar-refractivity contribution in [3.8, 4) is 0 Å². The van der Waals surface area contributed by atoms with Gasteiger partial charge in [0, 0.05) is 12.8 Å². The first-order valence-corrected chi connectivity index (χ1v) is 4.67. The third-order valence-corrected chi connectivity index (χ3v) is 2.67. The molecule has 84 valence electrons. The maximum absolute atomic E-state index is 11.2. The molecule has 1 N–H and O–H groups in total. The molecule has 1 unspecified atom stereocenters. The number of carbonyl (C=O) groups is 1. The molecule has 0 amide bonds. The highest BCUT2D eigenvalue weighted by Gasteiger charge is 2.36. The van der Waals surface area contributed by atoms with E-state index in [0.29, 0.717) is 0 Å². The van der Waals surface area contributed by atoms with Gasteiger partial charge in [-0.2, -0.15) is 0 Å². The fourth-order valence-electron chi connectivity index (χ4n) is 1.51.